The largest absolute Gasteiger partial charge is 0.453 e. The van der Waals surface area contributed by atoms with Crippen LogP contribution >= 0.6 is 11.6 Å². The van der Waals surface area contributed by atoms with Gasteiger partial charge in [0.25, 0.3) is 0 Å². The highest BCUT2D eigenvalue weighted by molar-refractivity contribution is 6.31. The molecule has 3 aromatic rings. The number of hydrogen-bond donors (Lipinski definition) is 1. The molecule has 2 heterocycles. The van der Waals surface area contributed by atoms with Crippen molar-refractivity contribution in [1.82, 2.24) is 14.6 Å². The van der Waals surface area contributed by atoms with Crippen molar-refractivity contribution in [2.45, 2.75) is 44.4 Å². The molecule has 6 heteroatoms. The quantitative estimate of drug-likeness (QED) is 0.710. The van der Waals surface area contributed by atoms with Crippen LogP contribution in [0.15, 0.2) is 36.5 Å². The number of halogens is 1. The first-order valence-electron chi connectivity index (χ1n) is 9.44. The first-order chi connectivity index (χ1) is 13.1. The molecule has 5 rings (SSSR count). The zero-order valence-electron chi connectivity index (χ0n) is 15.3. The Bertz CT molecular complexity index is 1020. The lowest BCUT2D eigenvalue weighted by molar-refractivity contribution is 0.133. The lowest BCUT2D eigenvalue weighted by Gasteiger charge is -2.25. The van der Waals surface area contributed by atoms with Gasteiger partial charge < -0.3 is 9.84 Å². The average molecular weight is 384 g/mol. The van der Waals surface area contributed by atoms with Crippen LogP contribution < -0.4 is 4.74 Å². The Hall–Kier alpha value is -2.11. The first-order valence-corrected chi connectivity index (χ1v) is 9.82. The molecule has 5 nitrogen and oxygen atoms in total. The predicted molar refractivity (Wildman–Crippen MR) is 104 cm³/mol. The Morgan fingerprint density at radius 3 is 2.63 bits per heavy atom. The number of nitrogens with zero attached hydrogens (tertiary/aromatic N) is 3. The Morgan fingerprint density at radius 2 is 1.89 bits per heavy atom. The van der Waals surface area contributed by atoms with Gasteiger partial charge in [-0.05, 0) is 68.7 Å². The third kappa shape index (κ3) is 2.48. The van der Waals surface area contributed by atoms with Crippen molar-refractivity contribution in [3.63, 3.8) is 0 Å². The minimum atomic E-state index is 0.0206. The van der Waals surface area contributed by atoms with Gasteiger partial charge in [0, 0.05) is 28.8 Å². The zero-order chi connectivity index (χ0) is 18.6. The molecule has 27 heavy (non-hydrogen) atoms. The highest BCUT2D eigenvalue weighted by atomic mass is 35.5. The maximum atomic E-state index is 9.85. The molecule has 2 saturated carbocycles. The average Bonchev–Trinajstić information content (AvgIpc) is 3.38. The maximum Gasteiger partial charge on any atom is 0.203 e. The number of pyridine rings is 1. The molecule has 0 saturated heterocycles. The molecule has 2 aromatic heterocycles. The number of aliphatic hydroxyl groups excluding tert-OH is 1. The van der Waals surface area contributed by atoms with Crippen molar-refractivity contribution in [2.75, 3.05) is 6.61 Å². The van der Waals surface area contributed by atoms with E-state index in [1.165, 1.54) is 0 Å². The molecule has 1 N–H and O–H groups in total. The lowest BCUT2D eigenvalue weighted by atomic mass is 9.82. The standard InChI is InChI=1S/C21H22ClN3O2/c1-14-15(22)4-2-5-16(14)27-17-6-3-11-25-18(17)23-24-19(25)21-9-7-20(12-21,13-26)8-10-21/h2-6,11,26H,7-10,12-13H2,1H3. The second-order valence-electron chi connectivity index (χ2n) is 8.17. The third-order valence-corrected chi connectivity index (χ3v) is 7.04. The second kappa shape index (κ2) is 5.94. The predicted octanol–water partition coefficient (Wildman–Crippen LogP) is 4.68. The van der Waals surface area contributed by atoms with Gasteiger partial charge in [-0.3, -0.25) is 4.40 Å². The van der Waals surface area contributed by atoms with Crippen molar-refractivity contribution in [2.24, 2.45) is 5.41 Å². The molecule has 0 aliphatic heterocycles. The normalized spacial score (nSPS) is 26.8. The summed E-state index contributed by atoms with van der Waals surface area (Å²) in [7, 11) is 0. The summed E-state index contributed by atoms with van der Waals surface area (Å²) >= 11 is 6.22. The monoisotopic (exact) mass is 383 g/mol. The molecule has 0 unspecified atom stereocenters. The van der Waals surface area contributed by atoms with Crippen molar-refractivity contribution in [3.05, 3.63) is 52.9 Å². The van der Waals surface area contributed by atoms with Crippen LogP contribution in [-0.2, 0) is 5.41 Å². The fraction of sp³-hybridized carbons (Fsp3) is 0.429. The van der Waals surface area contributed by atoms with E-state index in [1.807, 2.05) is 43.5 Å². The summed E-state index contributed by atoms with van der Waals surface area (Å²) in [6.07, 6.45) is 7.26. The molecule has 0 radical (unpaired) electrons. The zero-order valence-corrected chi connectivity index (χ0v) is 16.0. The lowest BCUT2D eigenvalue weighted by Crippen LogP contribution is -2.23. The molecule has 2 aliphatic rings. The van der Waals surface area contributed by atoms with Gasteiger partial charge in [-0.25, -0.2) is 0 Å². The van der Waals surface area contributed by atoms with Crippen molar-refractivity contribution >= 4 is 17.2 Å². The summed E-state index contributed by atoms with van der Waals surface area (Å²) in [5, 5.41) is 19.6. The summed E-state index contributed by atoms with van der Waals surface area (Å²) in [5.41, 5.74) is 1.72. The molecule has 2 fully saturated rings. The smallest absolute Gasteiger partial charge is 0.203 e. The van der Waals surface area contributed by atoms with Crippen molar-refractivity contribution in [3.8, 4) is 11.5 Å². The van der Waals surface area contributed by atoms with E-state index < -0.39 is 0 Å². The van der Waals surface area contributed by atoms with Crippen LogP contribution in [0.5, 0.6) is 11.5 Å². The van der Waals surface area contributed by atoms with Crippen molar-refractivity contribution < 1.29 is 9.84 Å². The summed E-state index contributed by atoms with van der Waals surface area (Å²) in [4.78, 5) is 0. The number of ether oxygens (including phenoxy) is 1. The van der Waals surface area contributed by atoms with Gasteiger partial charge in [0.05, 0.1) is 0 Å². The molecule has 0 amide bonds. The molecule has 2 bridgehead atoms. The molecule has 2 aliphatic carbocycles. The Morgan fingerprint density at radius 1 is 1.11 bits per heavy atom. The van der Waals surface area contributed by atoms with E-state index in [2.05, 4.69) is 14.6 Å². The minimum Gasteiger partial charge on any atom is -0.453 e. The Kier molecular flexibility index (Phi) is 3.75. The topological polar surface area (TPSA) is 59.7 Å². The van der Waals surface area contributed by atoms with Crippen LogP contribution in [0.25, 0.3) is 5.65 Å². The van der Waals surface area contributed by atoms with E-state index in [-0.39, 0.29) is 17.4 Å². The molecule has 140 valence electrons. The van der Waals surface area contributed by atoms with E-state index in [4.69, 9.17) is 16.3 Å². The molecule has 0 spiro atoms. The van der Waals surface area contributed by atoms with Crippen molar-refractivity contribution in [1.29, 1.82) is 0 Å². The summed E-state index contributed by atoms with van der Waals surface area (Å²) in [6, 6.07) is 9.52. The van der Waals surface area contributed by atoms with Gasteiger partial charge in [-0.2, -0.15) is 0 Å². The summed E-state index contributed by atoms with van der Waals surface area (Å²) in [6.45, 7) is 2.21. The molecular weight excluding hydrogens is 362 g/mol. The number of hydrogen-bond acceptors (Lipinski definition) is 4. The summed E-state index contributed by atoms with van der Waals surface area (Å²) < 4.78 is 8.21. The number of benzene rings is 1. The van der Waals surface area contributed by atoms with Crippen LogP contribution in [0, 0.1) is 12.3 Å². The Labute approximate surface area is 162 Å². The maximum absolute atomic E-state index is 9.85. The van der Waals surface area contributed by atoms with Crippen LogP contribution in [0.4, 0.5) is 0 Å². The Balaban J connectivity index is 1.56. The SMILES string of the molecule is Cc1c(Cl)cccc1Oc1cccn2c(C34CCC(CO)(CC3)C4)nnc12. The van der Waals surface area contributed by atoms with Crippen LogP contribution in [0.3, 0.4) is 0 Å². The number of fused-ring (bicyclic) bond motifs is 3. The van der Waals surface area contributed by atoms with Crippen LogP contribution in [0.1, 0.15) is 43.5 Å². The van der Waals surface area contributed by atoms with E-state index in [0.717, 1.165) is 54.9 Å². The molecule has 1 aromatic carbocycles. The first kappa shape index (κ1) is 17.0. The highest BCUT2D eigenvalue weighted by Crippen LogP contribution is 2.61. The van der Waals surface area contributed by atoms with Gasteiger partial charge in [0.2, 0.25) is 5.65 Å². The van der Waals surface area contributed by atoms with E-state index >= 15 is 0 Å². The van der Waals surface area contributed by atoms with E-state index in [1.54, 1.807) is 0 Å². The van der Waals surface area contributed by atoms with Crippen LogP contribution in [-0.4, -0.2) is 26.3 Å². The highest BCUT2D eigenvalue weighted by Gasteiger charge is 2.56. The van der Waals surface area contributed by atoms with E-state index in [9.17, 15) is 5.11 Å². The molecular formula is C21H22ClN3O2. The van der Waals surface area contributed by atoms with Gasteiger partial charge in [0.1, 0.15) is 11.6 Å². The molecule has 0 atom stereocenters. The third-order valence-electron chi connectivity index (χ3n) is 6.63. The van der Waals surface area contributed by atoms with Gasteiger partial charge >= 0.3 is 0 Å². The fourth-order valence-electron chi connectivity index (χ4n) is 5.00. The fourth-order valence-corrected chi connectivity index (χ4v) is 5.16. The minimum absolute atomic E-state index is 0.0206. The van der Waals surface area contributed by atoms with Gasteiger partial charge in [0.15, 0.2) is 5.75 Å². The number of aromatic nitrogens is 3. The summed E-state index contributed by atoms with van der Waals surface area (Å²) in [5.74, 6) is 2.39. The van der Waals surface area contributed by atoms with Crippen LogP contribution in [0.2, 0.25) is 5.02 Å². The van der Waals surface area contributed by atoms with Gasteiger partial charge in [-0.15, -0.1) is 10.2 Å². The number of rotatable bonds is 4. The van der Waals surface area contributed by atoms with Gasteiger partial charge in [-0.1, -0.05) is 17.7 Å². The van der Waals surface area contributed by atoms with E-state index in [0.29, 0.717) is 10.8 Å². The second-order valence-corrected chi connectivity index (χ2v) is 8.58. The number of aliphatic hydroxyl groups is 1.